The van der Waals surface area contributed by atoms with Crippen LogP contribution in [0.25, 0.3) is 39.0 Å². The summed E-state index contributed by atoms with van der Waals surface area (Å²) in [5.74, 6) is 0. The maximum absolute atomic E-state index is 2.49. The smallest absolute Gasteiger partial charge is 0.0713 e. The quantitative estimate of drug-likeness (QED) is 0.162. The standard InChI is InChI=1S/C61H49N/c1-59(2)52-26-14-11-22-47(52)49-36-34-44(38-56(49)59)62(45-35-37-50-48-23-12-15-27-53(48)60(3,4)57(50)39-45)43-32-30-40(31-33-43)46-25-17-29-55-58(46)51-24-13-16-28-54(51)61(55,41-18-7-5-8-19-41)42-20-9-6-10-21-42/h5-11,13-22,24-39H,12,23H2,1-4H3. The van der Waals surface area contributed by atoms with E-state index in [9.17, 15) is 0 Å². The highest BCUT2D eigenvalue weighted by Gasteiger charge is 2.47. The molecule has 0 aromatic heterocycles. The van der Waals surface area contributed by atoms with Gasteiger partial charge in [0.25, 0.3) is 0 Å². The summed E-state index contributed by atoms with van der Waals surface area (Å²) in [4.78, 5) is 2.49. The van der Waals surface area contributed by atoms with Crippen molar-refractivity contribution in [3.8, 4) is 33.4 Å². The SMILES string of the molecule is CC1(C)C2=C(CCC=C2)c2ccc(N(c3ccc(-c4cccc5c4-c4ccccc4C5(c4ccccc4)c4ccccc4)cc3)c3ccc4c(c3)C(C)(C)c3ccccc3-4)cc21. The Balaban J connectivity index is 1.02. The minimum atomic E-state index is -0.437. The van der Waals surface area contributed by atoms with E-state index in [0.29, 0.717) is 0 Å². The molecule has 0 saturated carbocycles. The van der Waals surface area contributed by atoms with Crippen molar-refractivity contribution < 1.29 is 0 Å². The first-order valence-electron chi connectivity index (χ1n) is 22.3. The van der Waals surface area contributed by atoms with E-state index < -0.39 is 5.41 Å². The minimum absolute atomic E-state index is 0.0621. The van der Waals surface area contributed by atoms with Crippen LogP contribution in [0.5, 0.6) is 0 Å². The Morgan fingerprint density at radius 3 is 1.63 bits per heavy atom. The number of nitrogens with zero attached hydrogens (tertiary/aromatic N) is 1. The summed E-state index contributed by atoms with van der Waals surface area (Å²) in [5.41, 5.74) is 24.5. The molecule has 4 aliphatic rings. The Morgan fingerprint density at radius 1 is 0.403 bits per heavy atom. The predicted octanol–water partition coefficient (Wildman–Crippen LogP) is 15.9. The zero-order valence-electron chi connectivity index (χ0n) is 35.9. The van der Waals surface area contributed by atoms with Gasteiger partial charge in [-0.1, -0.05) is 192 Å². The van der Waals surface area contributed by atoms with Crippen molar-refractivity contribution in [3.63, 3.8) is 0 Å². The zero-order chi connectivity index (χ0) is 41.8. The van der Waals surface area contributed by atoms with Gasteiger partial charge in [-0.15, -0.1) is 0 Å². The monoisotopic (exact) mass is 795 g/mol. The van der Waals surface area contributed by atoms with E-state index in [4.69, 9.17) is 0 Å². The van der Waals surface area contributed by atoms with E-state index in [2.05, 4.69) is 233 Å². The lowest BCUT2D eigenvalue weighted by molar-refractivity contribution is 0.651. The number of hydrogen-bond acceptors (Lipinski definition) is 1. The third-order valence-electron chi connectivity index (χ3n) is 14.8. The van der Waals surface area contributed by atoms with E-state index in [1.54, 1.807) is 0 Å². The molecule has 0 N–H and O–H groups in total. The van der Waals surface area contributed by atoms with E-state index in [1.165, 1.54) is 100 Å². The van der Waals surface area contributed by atoms with Gasteiger partial charge in [0.1, 0.15) is 0 Å². The Labute approximate surface area is 366 Å². The van der Waals surface area contributed by atoms with Crippen LogP contribution in [0.1, 0.15) is 85.0 Å². The summed E-state index contributed by atoms with van der Waals surface area (Å²) in [6.45, 7) is 9.57. The van der Waals surface area contributed by atoms with Gasteiger partial charge in [-0.2, -0.15) is 0 Å². The van der Waals surface area contributed by atoms with Crippen molar-refractivity contribution in [1.82, 2.24) is 0 Å². The molecule has 62 heavy (non-hydrogen) atoms. The van der Waals surface area contributed by atoms with Crippen LogP contribution in [-0.2, 0) is 16.2 Å². The molecule has 0 bridgehead atoms. The molecule has 0 spiro atoms. The van der Waals surface area contributed by atoms with Gasteiger partial charge in [-0.25, -0.2) is 0 Å². The first kappa shape index (κ1) is 36.9. The third-order valence-corrected chi connectivity index (χ3v) is 14.8. The first-order valence-corrected chi connectivity index (χ1v) is 22.3. The van der Waals surface area contributed by atoms with Crippen LogP contribution in [0.4, 0.5) is 17.1 Å². The lowest BCUT2D eigenvalue weighted by Gasteiger charge is -2.34. The highest BCUT2D eigenvalue weighted by molar-refractivity contribution is 5.96. The molecule has 8 aromatic rings. The summed E-state index contributed by atoms with van der Waals surface area (Å²) in [7, 11) is 0. The van der Waals surface area contributed by atoms with E-state index in [1.807, 2.05) is 0 Å². The second-order valence-electron chi connectivity index (χ2n) is 18.7. The van der Waals surface area contributed by atoms with Crippen molar-refractivity contribution in [2.24, 2.45) is 0 Å². The molecule has 0 heterocycles. The summed E-state index contributed by atoms with van der Waals surface area (Å²) >= 11 is 0. The van der Waals surface area contributed by atoms with Crippen LogP contribution in [0.2, 0.25) is 0 Å². The second-order valence-corrected chi connectivity index (χ2v) is 18.7. The molecular weight excluding hydrogens is 747 g/mol. The average Bonchev–Trinajstić information content (AvgIpc) is 3.85. The van der Waals surface area contributed by atoms with Gasteiger partial charge in [0.2, 0.25) is 0 Å². The van der Waals surface area contributed by atoms with Crippen molar-refractivity contribution in [2.75, 3.05) is 4.90 Å². The molecule has 4 aliphatic carbocycles. The molecule has 0 amide bonds. The van der Waals surface area contributed by atoms with Gasteiger partial charge in [0.15, 0.2) is 0 Å². The molecule has 0 aliphatic heterocycles. The first-order chi connectivity index (χ1) is 30.3. The molecule has 1 nitrogen and oxygen atoms in total. The summed E-state index contributed by atoms with van der Waals surface area (Å²) in [6.07, 6.45) is 6.96. The third kappa shape index (κ3) is 5.09. The van der Waals surface area contributed by atoms with Crippen molar-refractivity contribution in [2.45, 2.75) is 56.8 Å². The van der Waals surface area contributed by atoms with Gasteiger partial charge >= 0.3 is 0 Å². The van der Waals surface area contributed by atoms with E-state index in [0.717, 1.165) is 18.5 Å². The maximum Gasteiger partial charge on any atom is 0.0713 e. The molecule has 298 valence electrons. The molecule has 0 unspecified atom stereocenters. The highest BCUT2D eigenvalue weighted by atomic mass is 15.1. The topological polar surface area (TPSA) is 3.24 Å². The Kier molecular flexibility index (Phi) is 8.04. The molecule has 0 fully saturated rings. The van der Waals surface area contributed by atoms with Crippen molar-refractivity contribution in [1.29, 1.82) is 0 Å². The molecule has 0 radical (unpaired) electrons. The Morgan fingerprint density at radius 2 is 0.935 bits per heavy atom. The van der Waals surface area contributed by atoms with Crippen LogP contribution < -0.4 is 4.90 Å². The Hall–Kier alpha value is -6.96. The number of anilines is 3. The van der Waals surface area contributed by atoms with Crippen molar-refractivity contribution >= 4 is 22.6 Å². The zero-order valence-corrected chi connectivity index (χ0v) is 35.9. The van der Waals surface area contributed by atoms with Gasteiger partial charge in [-0.3, -0.25) is 0 Å². The molecule has 8 aromatic carbocycles. The Bertz CT molecular complexity index is 3120. The second kappa shape index (κ2) is 13.5. The summed E-state index contributed by atoms with van der Waals surface area (Å²) in [5, 5.41) is 0. The van der Waals surface area contributed by atoms with Crippen LogP contribution >= 0.6 is 0 Å². The van der Waals surface area contributed by atoms with Crippen LogP contribution in [-0.4, -0.2) is 0 Å². The van der Waals surface area contributed by atoms with E-state index in [-0.39, 0.29) is 10.8 Å². The van der Waals surface area contributed by atoms with Gasteiger partial charge in [0, 0.05) is 27.9 Å². The highest BCUT2D eigenvalue weighted by Crippen LogP contribution is 2.59. The summed E-state index contributed by atoms with van der Waals surface area (Å²) < 4.78 is 0. The molecule has 1 heteroatoms. The molecular formula is C61H49N. The number of fused-ring (bicyclic) bond motifs is 8. The largest absolute Gasteiger partial charge is 0.310 e. The summed E-state index contributed by atoms with van der Waals surface area (Å²) in [6, 6.07) is 70.9. The lowest BCUT2D eigenvalue weighted by Crippen LogP contribution is -2.28. The van der Waals surface area contributed by atoms with Crippen LogP contribution in [0.3, 0.4) is 0 Å². The molecule has 0 saturated heterocycles. The number of hydrogen-bond donors (Lipinski definition) is 0. The normalized spacial score (nSPS) is 16.5. The lowest BCUT2D eigenvalue weighted by atomic mass is 9.67. The molecule has 0 atom stereocenters. The minimum Gasteiger partial charge on any atom is -0.310 e. The molecule has 12 rings (SSSR count). The number of benzene rings is 8. The van der Waals surface area contributed by atoms with Gasteiger partial charge in [0.05, 0.1) is 5.41 Å². The van der Waals surface area contributed by atoms with Crippen LogP contribution in [0, 0.1) is 0 Å². The fourth-order valence-corrected chi connectivity index (χ4v) is 11.9. The fraction of sp³-hybridized carbons (Fsp3) is 0.148. The maximum atomic E-state index is 2.49. The van der Waals surface area contributed by atoms with Crippen molar-refractivity contribution in [3.05, 3.63) is 250 Å². The fourth-order valence-electron chi connectivity index (χ4n) is 11.9. The number of rotatable bonds is 6. The van der Waals surface area contributed by atoms with E-state index >= 15 is 0 Å². The average molecular weight is 796 g/mol. The number of allylic oxidation sites excluding steroid dienone is 4. The van der Waals surface area contributed by atoms with Crippen LogP contribution in [0.15, 0.2) is 206 Å². The van der Waals surface area contributed by atoms with Gasteiger partial charge in [-0.05, 0) is 138 Å². The van der Waals surface area contributed by atoms with Gasteiger partial charge < -0.3 is 4.90 Å². The predicted molar refractivity (Wildman–Crippen MR) is 260 cm³/mol.